The molecule has 2 amide bonds. The lowest BCUT2D eigenvalue weighted by Crippen LogP contribution is -2.39. The second-order valence-electron chi connectivity index (χ2n) is 7.08. The summed E-state index contributed by atoms with van der Waals surface area (Å²) in [5.74, 6) is -0.146. The number of halogens is 1. The van der Waals surface area contributed by atoms with Crippen LogP contribution in [0.5, 0.6) is 0 Å². The monoisotopic (exact) mass is 383 g/mol. The van der Waals surface area contributed by atoms with Crippen molar-refractivity contribution in [1.29, 1.82) is 0 Å². The Balaban J connectivity index is 1.36. The molecule has 0 radical (unpaired) electrons. The van der Waals surface area contributed by atoms with Crippen LogP contribution in [0.1, 0.15) is 39.5 Å². The van der Waals surface area contributed by atoms with Gasteiger partial charge in [0.15, 0.2) is 5.69 Å². The molecule has 3 aromatic rings. The summed E-state index contributed by atoms with van der Waals surface area (Å²) < 4.78 is 3.62. The van der Waals surface area contributed by atoms with Gasteiger partial charge in [-0.1, -0.05) is 11.6 Å². The summed E-state index contributed by atoms with van der Waals surface area (Å²) >= 11 is 5.98. The van der Waals surface area contributed by atoms with E-state index in [2.05, 4.69) is 10.4 Å². The van der Waals surface area contributed by atoms with Crippen molar-refractivity contribution in [3.05, 3.63) is 58.6 Å². The molecule has 27 heavy (non-hydrogen) atoms. The van der Waals surface area contributed by atoms with E-state index in [9.17, 15) is 9.59 Å². The molecule has 0 saturated heterocycles. The second-order valence-corrected chi connectivity index (χ2v) is 7.52. The van der Waals surface area contributed by atoms with Gasteiger partial charge < -0.3 is 14.8 Å². The summed E-state index contributed by atoms with van der Waals surface area (Å²) in [6, 6.07) is 9.46. The number of hydrogen-bond acceptors (Lipinski definition) is 3. The highest BCUT2D eigenvalue weighted by atomic mass is 35.5. The number of nitrogens with one attached hydrogen (secondary N) is 1. The van der Waals surface area contributed by atoms with Crippen molar-refractivity contribution in [3.8, 4) is 0 Å². The fraction of sp³-hybridized carbons (Fsp3) is 0.316. The van der Waals surface area contributed by atoms with Crippen LogP contribution < -0.4 is 5.32 Å². The molecule has 0 unspecified atom stereocenters. The van der Waals surface area contributed by atoms with E-state index in [1.54, 1.807) is 27.7 Å². The predicted octanol–water partition coefficient (Wildman–Crippen LogP) is 2.34. The number of pyridine rings is 1. The SMILES string of the molecule is O=C(NC1CC1)c1ccc2n1CCN(C(=O)c1cc3ccc(Cl)cn3n1)C2. The molecule has 0 bridgehead atoms. The molecule has 8 heteroatoms. The number of aromatic nitrogens is 3. The van der Waals surface area contributed by atoms with E-state index >= 15 is 0 Å². The molecular weight excluding hydrogens is 366 g/mol. The Kier molecular flexibility index (Phi) is 3.72. The van der Waals surface area contributed by atoms with Crippen LogP contribution in [0.25, 0.3) is 5.52 Å². The molecule has 1 aliphatic heterocycles. The molecule has 3 aromatic heterocycles. The number of hydrogen-bond donors (Lipinski definition) is 1. The number of amides is 2. The number of nitrogens with zero attached hydrogens (tertiary/aromatic N) is 4. The third kappa shape index (κ3) is 2.98. The summed E-state index contributed by atoms with van der Waals surface area (Å²) in [4.78, 5) is 27.0. The van der Waals surface area contributed by atoms with Gasteiger partial charge in [-0.15, -0.1) is 0 Å². The van der Waals surface area contributed by atoms with Gasteiger partial charge in [0, 0.05) is 31.0 Å². The molecule has 2 aliphatic rings. The van der Waals surface area contributed by atoms with Crippen LogP contribution in [0.4, 0.5) is 0 Å². The minimum absolute atomic E-state index is 0.0271. The summed E-state index contributed by atoms with van der Waals surface area (Å²) in [5.41, 5.74) is 2.85. The lowest BCUT2D eigenvalue weighted by Gasteiger charge is -2.29. The highest BCUT2D eigenvalue weighted by molar-refractivity contribution is 6.30. The van der Waals surface area contributed by atoms with Crippen LogP contribution in [-0.2, 0) is 13.1 Å². The molecule has 7 nitrogen and oxygen atoms in total. The first-order chi connectivity index (χ1) is 13.1. The Bertz CT molecular complexity index is 1070. The van der Waals surface area contributed by atoms with Crippen molar-refractivity contribution in [1.82, 2.24) is 24.4 Å². The van der Waals surface area contributed by atoms with Crippen LogP contribution in [0.3, 0.4) is 0 Å². The van der Waals surface area contributed by atoms with E-state index < -0.39 is 0 Å². The van der Waals surface area contributed by atoms with E-state index in [0.29, 0.717) is 42.1 Å². The maximum absolute atomic E-state index is 12.9. The number of rotatable bonds is 3. The third-order valence-electron chi connectivity index (χ3n) is 5.09. The minimum Gasteiger partial charge on any atom is -0.348 e. The smallest absolute Gasteiger partial charge is 0.274 e. The van der Waals surface area contributed by atoms with Crippen LogP contribution in [0.2, 0.25) is 5.02 Å². The summed E-state index contributed by atoms with van der Waals surface area (Å²) in [6.45, 7) is 1.60. The first kappa shape index (κ1) is 16.4. The summed E-state index contributed by atoms with van der Waals surface area (Å²) in [5, 5.41) is 7.94. The fourth-order valence-electron chi connectivity index (χ4n) is 3.49. The van der Waals surface area contributed by atoms with E-state index in [-0.39, 0.29) is 11.8 Å². The van der Waals surface area contributed by atoms with Gasteiger partial charge in [-0.25, -0.2) is 4.52 Å². The molecule has 5 rings (SSSR count). The molecule has 1 N–H and O–H groups in total. The van der Waals surface area contributed by atoms with Gasteiger partial charge in [0.1, 0.15) is 5.69 Å². The zero-order valence-electron chi connectivity index (χ0n) is 14.6. The van der Waals surface area contributed by atoms with Crippen LogP contribution >= 0.6 is 11.6 Å². The number of carbonyl (C=O) groups excluding carboxylic acids is 2. The van der Waals surface area contributed by atoms with Gasteiger partial charge in [-0.3, -0.25) is 9.59 Å². The van der Waals surface area contributed by atoms with Crippen molar-refractivity contribution in [3.63, 3.8) is 0 Å². The Morgan fingerprint density at radius 1 is 1.15 bits per heavy atom. The van der Waals surface area contributed by atoms with Gasteiger partial charge in [-0.2, -0.15) is 5.10 Å². The maximum Gasteiger partial charge on any atom is 0.274 e. The van der Waals surface area contributed by atoms with Crippen LogP contribution in [0.15, 0.2) is 36.5 Å². The van der Waals surface area contributed by atoms with Crippen molar-refractivity contribution in [2.75, 3.05) is 6.54 Å². The van der Waals surface area contributed by atoms with E-state index in [0.717, 1.165) is 24.1 Å². The van der Waals surface area contributed by atoms with E-state index in [1.165, 1.54) is 0 Å². The van der Waals surface area contributed by atoms with Crippen LogP contribution in [-0.4, -0.2) is 43.5 Å². The Morgan fingerprint density at radius 2 is 2.00 bits per heavy atom. The molecule has 1 saturated carbocycles. The molecule has 0 atom stereocenters. The lowest BCUT2D eigenvalue weighted by molar-refractivity contribution is 0.0703. The minimum atomic E-state index is -0.119. The molecule has 1 aliphatic carbocycles. The van der Waals surface area contributed by atoms with E-state index in [1.807, 2.05) is 22.8 Å². The van der Waals surface area contributed by atoms with Crippen molar-refractivity contribution in [2.24, 2.45) is 0 Å². The standard InChI is InChI=1S/C19H18ClN5O2/c20-12-1-4-14-9-16(22-25(14)10-12)19(27)23-7-8-24-15(11-23)5-6-17(24)18(26)21-13-2-3-13/h1,4-6,9-10,13H,2-3,7-8,11H2,(H,21,26). The average molecular weight is 384 g/mol. The fourth-order valence-corrected chi connectivity index (χ4v) is 3.65. The first-order valence-corrected chi connectivity index (χ1v) is 9.40. The Labute approximate surface area is 160 Å². The third-order valence-corrected chi connectivity index (χ3v) is 5.32. The quantitative estimate of drug-likeness (QED) is 0.754. The Morgan fingerprint density at radius 3 is 2.81 bits per heavy atom. The highest BCUT2D eigenvalue weighted by Gasteiger charge is 2.29. The van der Waals surface area contributed by atoms with Gasteiger partial charge >= 0.3 is 0 Å². The molecule has 0 aromatic carbocycles. The molecule has 0 spiro atoms. The van der Waals surface area contributed by atoms with Gasteiger partial charge in [-0.05, 0) is 43.2 Å². The first-order valence-electron chi connectivity index (χ1n) is 9.02. The second kappa shape index (κ2) is 6.13. The zero-order chi connectivity index (χ0) is 18.5. The number of fused-ring (bicyclic) bond motifs is 2. The topological polar surface area (TPSA) is 71.6 Å². The van der Waals surface area contributed by atoms with Gasteiger partial charge in [0.05, 0.1) is 17.1 Å². The summed E-state index contributed by atoms with van der Waals surface area (Å²) in [6.07, 6.45) is 3.80. The number of carbonyl (C=O) groups is 2. The molecule has 4 heterocycles. The summed E-state index contributed by atoms with van der Waals surface area (Å²) in [7, 11) is 0. The average Bonchev–Trinajstić information content (AvgIpc) is 3.21. The van der Waals surface area contributed by atoms with E-state index in [4.69, 9.17) is 11.6 Å². The molecule has 1 fully saturated rings. The maximum atomic E-state index is 12.9. The zero-order valence-corrected chi connectivity index (χ0v) is 15.3. The van der Waals surface area contributed by atoms with Crippen molar-refractivity contribution in [2.45, 2.75) is 32.0 Å². The predicted molar refractivity (Wildman–Crippen MR) is 99.9 cm³/mol. The van der Waals surface area contributed by atoms with Crippen LogP contribution in [0, 0.1) is 0 Å². The lowest BCUT2D eigenvalue weighted by atomic mass is 10.2. The Hall–Kier alpha value is -2.80. The molecular formula is C19H18ClN5O2. The van der Waals surface area contributed by atoms with Crippen molar-refractivity contribution >= 4 is 28.9 Å². The van der Waals surface area contributed by atoms with Gasteiger partial charge in [0.25, 0.3) is 11.8 Å². The molecule has 138 valence electrons. The largest absolute Gasteiger partial charge is 0.348 e. The van der Waals surface area contributed by atoms with Crippen molar-refractivity contribution < 1.29 is 9.59 Å². The van der Waals surface area contributed by atoms with Gasteiger partial charge in [0.2, 0.25) is 0 Å². The highest BCUT2D eigenvalue weighted by Crippen LogP contribution is 2.22. The normalized spacial score (nSPS) is 16.4.